The minimum atomic E-state index is 0.539. The van der Waals surface area contributed by atoms with Gasteiger partial charge in [0.15, 0.2) is 11.5 Å². The van der Waals surface area contributed by atoms with Crippen LogP contribution in [0.3, 0.4) is 0 Å². The molecule has 1 aliphatic rings. The lowest BCUT2D eigenvalue weighted by Crippen LogP contribution is -2.31. The van der Waals surface area contributed by atoms with Crippen molar-refractivity contribution in [3.05, 3.63) is 76.9 Å². The fourth-order valence-electron chi connectivity index (χ4n) is 4.25. The van der Waals surface area contributed by atoms with Gasteiger partial charge in [-0.05, 0) is 35.6 Å². The number of aryl methyl sites for hydroxylation is 1. The van der Waals surface area contributed by atoms with Crippen LogP contribution in [0.2, 0.25) is 0 Å². The molecular formula is C23H23N5. The van der Waals surface area contributed by atoms with Crippen molar-refractivity contribution < 1.29 is 0 Å². The second-order valence-corrected chi connectivity index (χ2v) is 7.51. The highest BCUT2D eigenvalue weighted by Crippen LogP contribution is 2.36. The lowest BCUT2D eigenvalue weighted by Gasteiger charge is -2.30. The largest absolute Gasteiger partial charge is 0.382 e. The van der Waals surface area contributed by atoms with Gasteiger partial charge in [-0.25, -0.2) is 4.98 Å². The van der Waals surface area contributed by atoms with Crippen molar-refractivity contribution in [3.63, 3.8) is 0 Å². The molecule has 140 valence electrons. The summed E-state index contributed by atoms with van der Waals surface area (Å²) in [5.41, 5.74) is 14.4. The highest BCUT2D eigenvalue weighted by molar-refractivity contribution is 5.93. The molecule has 1 aliphatic heterocycles. The Morgan fingerprint density at radius 1 is 1.04 bits per heavy atom. The fourth-order valence-corrected chi connectivity index (χ4v) is 4.25. The number of H-pyrrole nitrogens is 1. The maximum atomic E-state index is 6.22. The van der Waals surface area contributed by atoms with E-state index in [-0.39, 0.29) is 0 Å². The Morgan fingerprint density at radius 3 is 2.64 bits per heavy atom. The Morgan fingerprint density at radius 2 is 1.82 bits per heavy atom. The zero-order chi connectivity index (χ0) is 19.1. The molecule has 0 bridgehead atoms. The molecule has 2 aromatic carbocycles. The van der Waals surface area contributed by atoms with Gasteiger partial charge in [0.25, 0.3) is 0 Å². The van der Waals surface area contributed by atoms with Gasteiger partial charge in [0, 0.05) is 25.2 Å². The molecule has 0 atom stereocenters. The van der Waals surface area contributed by atoms with E-state index in [2.05, 4.69) is 76.6 Å². The number of pyridine rings is 1. The molecule has 0 unspecified atom stereocenters. The Kier molecular flexibility index (Phi) is 4.10. The van der Waals surface area contributed by atoms with Gasteiger partial charge in [0.1, 0.15) is 0 Å². The number of nitrogens with two attached hydrogens (primary N) is 1. The number of nitrogens with zero attached hydrogens (tertiary/aromatic N) is 3. The zero-order valence-corrected chi connectivity index (χ0v) is 15.9. The van der Waals surface area contributed by atoms with Crippen LogP contribution in [0.4, 0.5) is 5.82 Å². The van der Waals surface area contributed by atoms with Crippen molar-refractivity contribution in [1.29, 1.82) is 0 Å². The first-order valence-corrected chi connectivity index (χ1v) is 9.68. The van der Waals surface area contributed by atoms with Gasteiger partial charge in [0.05, 0.1) is 11.1 Å². The highest BCUT2D eigenvalue weighted by Gasteiger charge is 2.26. The first-order chi connectivity index (χ1) is 13.7. The van der Waals surface area contributed by atoms with E-state index in [1.54, 1.807) is 0 Å². The summed E-state index contributed by atoms with van der Waals surface area (Å²) < 4.78 is 0. The van der Waals surface area contributed by atoms with Crippen LogP contribution in [0, 0.1) is 6.92 Å². The molecule has 0 aliphatic carbocycles. The molecule has 0 fully saturated rings. The lowest BCUT2D eigenvalue weighted by atomic mass is 9.91. The summed E-state index contributed by atoms with van der Waals surface area (Å²) in [5.74, 6) is 0.539. The average Bonchev–Trinajstić information content (AvgIpc) is 3.09. The third-order valence-electron chi connectivity index (χ3n) is 5.66. The van der Waals surface area contributed by atoms with E-state index in [1.807, 2.05) is 0 Å². The second-order valence-electron chi connectivity index (χ2n) is 7.51. The molecule has 0 saturated heterocycles. The van der Waals surface area contributed by atoms with Crippen molar-refractivity contribution in [3.8, 4) is 11.3 Å². The van der Waals surface area contributed by atoms with Crippen LogP contribution in [0.15, 0.2) is 54.6 Å². The molecule has 5 rings (SSSR count). The van der Waals surface area contributed by atoms with Crippen LogP contribution in [-0.2, 0) is 19.5 Å². The number of fused-ring (bicyclic) bond motifs is 3. The molecule has 2 aromatic heterocycles. The van der Waals surface area contributed by atoms with Gasteiger partial charge in [-0.3, -0.25) is 10.00 Å². The summed E-state index contributed by atoms with van der Waals surface area (Å²) in [7, 11) is 0. The van der Waals surface area contributed by atoms with Crippen LogP contribution in [-0.4, -0.2) is 26.6 Å². The van der Waals surface area contributed by atoms with Gasteiger partial charge in [-0.1, -0.05) is 54.6 Å². The average molecular weight is 369 g/mol. The first kappa shape index (κ1) is 17.0. The highest BCUT2D eigenvalue weighted by atomic mass is 15.2. The SMILES string of the molecule is Cc1ccccc1-c1nc2[nH]nc(N)c2c2c1CCN(Cc1ccccc1)C2. The quantitative estimate of drug-likeness (QED) is 0.571. The van der Waals surface area contributed by atoms with E-state index in [0.717, 1.165) is 42.8 Å². The van der Waals surface area contributed by atoms with Crippen molar-refractivity contribution >= 4 is 16.9 Å². The summed E-state index contributed by atoms with van der Waals surface area (Å²) in [5, 5.41) is 8.25. The van der Waals surface area contributed by atoms with Crippen molar-refractivity contribution in [2.24, 2.45) is 0 Å². The van der Waals surface area contributed by atoms with Crippen LogP contribution < -0.4 is 5.73 Å². The third kappa shape index (κ3) is 2.84. The minimum absolute atomic E-state index is 0.539. The number of hydrogen-bond acceptors (Lipinski definition) is 4. The van der Waals surface area contributed by atoms with Crippen LogP contribution in [0.5, 0.6) is 0 Å². The Bertz CT molecular complexity index is 1150. The van der Waals surface area contributed by atoms with Crippen LogP contribution in [0.25, 0.3) is 22.3 Å². The molecule has 3 N–H and O–H groups in total. The number of benzene rings is 2. The molecule has 0 spiro atoms. The molecule has 0 radical (unpaired) electrons. The number of rotatable bonds is 3. The third-order valence-corrected chi connectivity index (χ3v) is 5.66. The zero-order valence-electron chi connectivity index (χ0n) is 15.9. The number of aromatic amines is 1. The number of hydrogen-bond donors (Lipinski definition) is 2. The van der Waals surface area contributed by atoms with E-state index in [4.69, 9.17) is 10.7 Å². The van der Waals surface area contributed by atoms with E-state index < -0.39 is 0 Å². The summed E-state index contributed by atoms with van der Waals surface area (Å²) in [4.78, 5) is 7.41. The van der Waals surface area contributed by atoms with Gasteiger partial charge < -0.3 is 5.73 Å². The number of nitrogens with one attached hydrogen (secondary N) is 1. The summed E-state index contributed by atoms with van der Waals surface area (Å²) in [6.45, 7) is 4.93. The van der Waals surface area contributed by atoms with E-state index in [1.165, 1.54) is 27.8 Å². The standard InChI is InChI=1S/C23H23N5/c1-15-7-5-6-10-17(15)21-18-11-12-28(13-16-8-3-2-4-9-16)14-19(18)20-22(24)26-27-23(20)25-21/h2-10H,11-14H2,1H3,(H3,24,25,26,27). The smallest absolute Gasteiger partial charge is 0.158 e. The Balaban J connectivity index is 1.62. The second kappa shape index (κ2) is 6.77. The molecule has 0 saturated carbocycles. The van der Waals surface area contributed by atoms with Crippen LogP contribution in [0.1, 0.15) is 22.3 Å². The van der Waals surface area contributed by atoms with Crippen molar-refractivity contribution in [2.75, 3.05) is 12.3 Å². The molecule has 5 heteroatoms. The minimum Gasteiger partial charge on any atom is -0.382 e. The van der Waals surface area contributed by atoms with Gasteiger partial charge in [-0.2, -0.15) is 5.10 Å². The predicted octanol–water partition coefficient (Wildman–Crippen LogP) is 4.07. The number of nitrogen functional groups attached to an aromatic ring is 1. The van der Waals surface area contributed by atoms with E-state index in [9.17, 15) is 0 Å². The van der Waals surface area contributed by atoms with Crippen molar-refractivity contribution in [1.82, 2.24) is 20.1 Å². The lowest BCUT2D eigenvalue weighted by molar-refractivity contribution is 0.247. The summed E-state index contributed by atoms with van der Waals surface area (Å²) in [6, 6.07) is 19.1. The maximum absolute atomic E-state index is 6.22. The van der Waals surface area contributed by atoms with E-state index in [0.29, 0.717) is 5.82 Å². The van der Waals surface area contributed by atoms with Crippen LogP contribution >= 0.6 is 0 Å². The fraction of sp³-hybridized carbons (Fsp3) is 0.217. The van der Waals surface area contributed by atoms with Gasteiger partial charge >= 0.3 is 0 Å². The molecule has 0 amide bonds. The Hall–Kier alpha value is -3.18. The Labute approximate surface area is 164 Å². The topological polar surface area (TPSA) is 70.8 Å². The number of aromatic nitrogens is 3. The first-order valence-electron chi connectivity index (χ1n) is 9.68. The van der Waals surface area contributed by atoms with Crippen molar-refractivity contribution in [2.45, 2.75) is 26.4 Å². The molecular weight excluding hydrogens is 346 g/mol. The number of anilines is 1. The van der Waals surface area contributed by atoms with Gasteiger partial charge in [0.2, 0.25) is 0 Å². The summed E-state index contributed by atoms with van der Waals surface area (Å²) in [6.07, 6.45) is 0.958. The molecule has 4 aromatic rings. The molecule has 28 heavy (non-hydrogen) atoms. The predicted molar refractivity (Wildman–Crippen MR) is 113 cm³/mol. The monoisotopic (exact) mass is 369 g/mol. The van der Waals surface area contributed by atoms with E-state index >= 15 is 0 Å². The molecule has 3 heterocycles. The van der Waals surface area contributed by atoms with Gasteiger partial charge in [-0.15, -0.1) is 0 Å². The summed E-state index contributed by atoms with van der Waals surface area (Å²) >= 11 is 0. The normalized spacial score (nSPS) is 14.3. The molecule has 5 nitrogen and oxygen atoms in total. The maximum Gasteiger partial charge on any atom is 0.158 e.